The van der Waals surface area contributed by atoms with Gasteiger partial charge < -0.3 is 24.8 Å². The summed E-state index contributed by atoms with van der Waals surface area (Å²) in [6, 6.07) is 16.0. The smallest absolute Gasteiger partial charge is 0.317 e. The molecule has 3 aliphatic heterocycles. The minimum absolute atomic E-state index is 0.0982. The van der Waals surface area contributed by atoms with E-state index in [0.29, 0.717) is 60.5 Å². The summed E-state index contributed by atoms with van der Waals surface area (Å²) in [5.41, 5.74) is 2.93. The van der Waals surface area contributed by atoms with Crippen molar-refractivity contribution in [2.75, 3.05) is 51.3 Å². The van der Waals surface area contributed by atoms with Gasteiger partial charge in [-0.05, 0) is 68.0 Å². The lowest BCUT2D eigenvalue weighted by molar-refractivity contribution is -0.129. The van der Waals surface area contributed by atoms with Gasteiger partial charge in [0.2, 0.25) is 0 Å². The highest BCUT2D eigenvalue weighted by Crippen LogP contribution is 2.39. The molecule has 0 bridgehead atoms. The molecular formula is C35H36ClFN8O2S. The van der Waals surface area contributed by atoms with Crippen molar-refractivity contribution in [1.82, 2.24) is 29.5 Å². The number of anilines is 1. The number of nitrogens with zero attached hydrogens (tertiary/aromatic N) is 7. The van der Waals surface area contributed by atoms with Gasteiger partial charge in [-0.2, -0.15) is 15.2 Å². The third kappa shape index (κ3) is 6.48. The molecule has 2 saturated heterocycles. The van der Waals surface area contributed by atoms with Gasteiger partial charge in [0, 0.05) is 61.1 Å². The summed E-state index contributed by atoms with van der Waals surface area (Å²) in [7, 11) is 2.08. The topological polar surface area (TPSA) is 111 Å². The van der Waals surface area contributed by atoms with Crippen LogP contribution in [0.3, 0.4) is 0 Å². The largest absolute Gasteiger partial charge is 0.462 e. The maximum absolute atomic E-state index is 16.8. The summed E-state index contributed by atoms with van der Waals surface area (Å²) >= 11 is 7.83. The third-order valence-electron chi connectivity index (χ3n) is 9.50. The number of likely N-dealkylation sites (N-methyl/N-ethyl adjacent to an activating group) is 1. The molecule has 7 rings (SSSR count). The quantitative estimate of drug-likeness (QED) is 0.250. The fourth-order valence-corrected chi connectivity index (χ4v) is 7.87. The number of carbonyl (C=O) groups is 1. The van der Waals surface area contributed by atoms with Crippen LogP contribution in [-0.2, 0) is 17.8 Å². The number of benzene rings is 2. The van der Waals surface area contributed by atoms with Crippen LogP contribution in [0.5, 0.6) is 6.01 Å². The van der Waals surface area contributed by atoms with E-state index >= 15 is 4.39 Å². The van der Waals surface area contributed by atoms with Gasteiger partial charge in [-0.1, -0.05) is 35.9 Å². The van der Waals surface area contributed by atoms with E-state index in [2.05, 4.69) is 38.7 Å². The second-order valence-corrected chi connectivity index (χ2v) is 13.7. The molecule has 2 fully saturated rings. The molecular weight excluding hydrogens is 651 g/mol. The number of rotatable bonds is 8. The Balaban J connectivity index is 1.31. The summed E-state index contributed by atoms with van der Waals surface area (Å²) in [5, 5.41) is 15.1. The zero-order chi connectivity index (χ0) is 33.2. The number of piperazine rings is 1. The average Bonchev–Trinajstić information content (AvgIpc) is 3.79. The molecule has 2 atom stereocenters. The number of aromatic nitrogens is 3. The van der Waals surface area contributed by atoms with E-state index in [1.807, 2.05) is 30.3 Å². The lowest BCUT2D eigenvalue weighted by atomic mass is 9.95. The van der Waals surface area contributed by atoms with Gasteiger partial charge >= 0.3 is 6.01 Å². The Morgan fingerprint density at radius 1 is 1.19 bits per heavy atom. The van der Waals surface area contributed by atoms with E-state index in [-0.39, 0.29) is 36.6 Å². The molecule has 2 aromatic heterocycles. The Bertz CT molecular complexity index is 1890. The standard InChI is InChI=1S/C35H36ClFN8O2S/c1-43-16-4-7-24(43)21-47-35-41-27-20-44(28-9-3-6-22-5-2-8-26(36)30(22)28)17-12-25(27)33(42-35)31(29-11-14-40-48-29)32(37)34(46)45-18-15-39-23(19-45)10-13-38/h2-3,5-6,8-9,11,14,23-24,39H,4,7,10,12,15-21H2,1H3/t23-,24-/m0/s1. The first-order valence-electron chi connectivity index (χ1n) is 16.3. The highest BCUT2D eigenvalue weighted by atomic mass is 35.5. The fourth-order valence-electron chi connectivity index (χ4n) is 6.96. The predicted octanol–water partition coefficient (Wildman–Crippen LogP) is 5.22. The lowest BCUT2D eigenvalue weighted by Crippen LogP contribution is -2.52. The van der Waals surface area contributed by atoms with Crippen LogP contribution in [0.2, 0.25) is 5.02 Å². The number of nitriles is 1. The summed E-state index contributed by atoms with van der Waals surface area (Å²) in [5.74, 6) is -1.63. The van der Waals surface area contributed by atoms with Crippen LogP contribution >= 0.6 is 23.1 Å². The van der Waals surface area contributed by atoms with Gasteiger partial charge in [-0.3, -0.25) is 4.79 Å². The van der Waals surface area contributed by atoms with Crippen molar-refractivity contribution < 1.29 is 13.9 Å². The second-order valence-electron chi connectivity index (χ2n) is 12.5. The van der Waals surface area contributed by atoms with Gasteiger partial charge in [-0.15, -0.1) is 0 Å². The number of amides is 1. The molecule has 10 nitrogen and oxygen atoms in total. The van der Waals surface area contributed by atoms with Crippen LogP contribution in [0.25, 0.3) is 16.3 Å². The van der Waals surface area contributed by atoms with Crippen LogP contribution < -0.4 is 15.0 Å². The summed E-state index contributed by atoms with van der Waals surface area (Å²) in [6.45, 7) is 3.49. The van der Waals surface area contributed by atoms with Crippen LogP contribution in [-0.4, -0.2) is 88.5 Å². The highest BCUT2D eigenvalue weighted by molar-refractivity contribution is 7.07. The fraction of sp³-hybridized carbons (Fsp3) is 0.400. The molecule has 0 saturated carbocycles. The van der Waals surface area contributed by atoms with Crippen molar-refractivity contribution in [2.24, 2.45) is 0 Å². The SMILES string of the molecule is CN1CCC[C@H]1COc1nc2c(c(C(=C(F)C(=O)N3CCN[C@@H](CC#N)C3)c3ccns3)n1)CCN(c1cccc3cccc(Cl)c13)C2. The van der Waals surface area contributed by atoms with Crippen molar-refractivity contribution in [3.63, 3.8) is 0 Å². The average molecular weight is 687 g/mol. The highest BCUT2D eigenvalue weighted by Gasteiger charge is 2.33. The van der Waals surface area contributed by atoms with E-state index in [1.165, 1.54) is 4.90 Å². The van der Waals surface area contributed by atoms with E-state index in [4.69, 9.17) is 26.3 Å². The number of carbonyl (C=O) groups excluding carboxylic acids is 1. The lowest BCUT2D eigenvalue weighted by Gasteiger charge is -2.33. The van der Waals surface area contributed by atoms with Crippen LogP contribution in [0.4, 0.5) is 10.1 Å². The Hall–Kier alpha value is -4.15. The maximum atomic E-state index is 16.8. The summed E-state index contributed by atoms with van der Waals surface area (Å²) in [6.07, 6.45) is 4.44. The number of hydrogen-bond donors (Lipinski definition) is 1. The van der Waals surface area contributed by atoms with Crippen molar-refractivity contribution in [3.05, 3.63) is 81.3 Å². The first kappa shape index (κ1) is 32.4. The number of nitrogens with one attached hydrogen (secondary N) is 1. The summed E-state index contributed by atoms with van der Waals surface area (Å²) in [4.78, 5) is 30.0. The number of hydrogen-bond acceptors (Lipinski definition) is 10. The number of halogens is 2. The molecule has 1 N–H and O–H groups in total. The molecule has 0 unspecified atom stereocenters. The molecule has 248 valence electrons. The number of fused-ring (bicyclic) bond motifs is 2. The third-order valence-corrected chi connectivity index (χ3v) is 10.6. The number of ether oxygens (including phenoxy) is 1. The molecule has 0 aliphatic carbocycles. The molecule has 1 amide bonds. The van der Waals surface area contributed by atoms with Gasteiger partial charge in [0.15, 0.2) is 5.83 Å². The van der Waals surface area contributed by atoms with Crippen LogP contribution in [0, 0.1) is 11.3 Å². The van der Waals surface area contributed by atoms with Crippen LogP contribution in [0.15, 0.2) is 54.5 Å². The van der Waals surface area contributed by atoms with Crippen LogP contribution in [0.1, 0.15) is 41.1 Å². The Morgan fingerprint density at radius 3 is 2.81 bits per heavy atom. The monoisotopic (exact) mass is 686 g/mol. The zero-order valence-corrected chi connectivity index (χ0v) is 28.2. The molecule has 48 heavy (non-hydrogen) atoms. The van der Waals surface area contributed by atoms with Gasteiger partial charge in [0.05, 0.1) is 45.9 Å². The first-order valence-corrected chi connectivity index (χ1v) is 17.4. The normalized spacial score (nSPS) is 20.4. The van der Waals surface area contributed by atoms with E-state index in [9.17, 15) is 10.1 Å². The van der Waals surface area contributed by atoms with E-state index < -0.39 is 11.7 Å². The predicted molar refractivity (Wildman–Crippen MR) is 185 cm³/mol. The molecule has 0 spiro atoms. The molecule has 4 aromatic rings. The maximum Gasteiger partial charge on any atom is 0.317 e. The molecule has 2 aromatic carbocycles. The Morgan fingerprint density at radius 2 is 2.04 bits per heavy atom. The molecule has 13 heteroatoms. The molecule has 3 aliphatic rings. The first-order chi connectivity index (χ1) is 23.4. The Kier molecular flexibility index (Phi) is 9.55. The van der Waals surface area contributed by atoms with Crippen molar-refractivity contribution in [3.8, 4) is 12.1 Å². The van der Waals surface area contributed by atoms with E-state index in [0.717, 1.165) is 52.9 Å². The molecule has 5 heterocycles. The van der Waals surface area contributed by atoms with Gasteiger partial charge in [-0.25, -0.2) is 8.76 Å². The number of likely N-dealkylation sites (tertiary alicyclic amines) is 1. The summed E-state index contributed by atoms with van der Waals surface area (Å²) < 4.78 is 27.3. The second kappa shape index (κ2) is 14.1. The minimum Gasteiger partial charge on any atom is -0.462 e. The van der Waals surface area contributed by atoms with Gasteiger partial charge in [0.25, 0.3) is 5.91 Å². The Labute approximate surface area is 287 Å². The minimum atomic E-state index is -0.900. The van der Waals surface area contributed by atoms with E-state index in [1.54, 1.807) is 12.3 Å². The van der Waals surface area contributed by atoms with Crippen molar-refractivity contribution in [1.29, 1.82) is 5.26 Å². The zero-order valence-electron chi connectivity index (χ0n) is 26.7. The van der Waals surface area contributed by atoms with Crippen molar-refractivity contribution >= 4 is 51.1 Å². The molecule has 0 radical (unpaired) electrons. The van der Waals surface area contributed by atoms with Crippen molar-refractivity contribution in [2.45, 2.75) is 44.3 Å². The van der Waals surface area contributed by atoms with Gasteiger partial charge in [0.1, 0.15) is 6.61 Å².